The van der Waals surface area contributed by atoms with Gasteiger partial charge in [0, 0.05) is 23.2 Å². The highest BCUT2D eigenvalue weighted by Crippen LogP contribution is 2.28. The van der Waals surface area contributed by atoms with Gasteiger partial charge < -0.3 is 15.4 Å². The van der Waals surface area contributed by atoms with E-state index in [1.807, 2.05) is 29.6 Å². The van der Waals surface area contributed by atoms with Crippen molar-refractivity contribution in [2.24, 2.45) is 0 Å². The Hall–Kier alpha value is -2.46. The van der Waals surface area contributed by atoms with Crippen molar-refractivity contribution in [3.63, 3.8) is 0 Å². The zero-order valence-corrected chi connectivity index (χ0v) is 19.1. The Kier molecular flexibility index (Phi) is 6.86. The minimum absolute atomic E-state index is 0.229. The van der Waals surface area contributed by atoms with Crippen LogP contribution in [-0.4, -0.2) is 42.7 Å². The van der Waals surface area contributed by atoms with Gasteiger partial charge in [0.1, 0.15) is 11.1 Å². The second-order valence-corrected chi connectivity index (χ2v) is 9.47. The van der Waals surface area contributed by atoms with Crippen LogP contribution in [0.4, 0.5) is 10.5 Å². The first-order valence-corrected chi connectivity index (χ1v) is 11.9. The lowest BCUT2D eigenvalue weighted by Crippen LogP contribution is -2.34. The van der Waals surface area contributed by atoms with Gasteiger partial charge in [-0.3, -0.25) is 9.69 Å². The summed E-state index contributed by atoms with van der Waals surface area (Å²) in [4.78, 5) is 31.2. The van der Waals surface area contributed by atoms with E-state index in [2.05, 4.69) is 22.5 Å². The second-order valence-electron chi connectivity index (χ2n) is 6.90. The number of hydrogen-bond acceptors (Lipinski definition) is 7. The Bertz CT molecular complexity index is 1070. The van der Waals surface area contributed by atoms with Crippen LogP contribution in [0.2, 0.25) is 4.34 Å². The molecule has 0 unspecified atom stereocenters. The maximum atomic E-state index is 12.3. The summed E-state index contributed by atoms with van der Waals surface area (Å²) in [6.07, 6.45) is -0.840. The monoisotopic (exact) mass is 476 g/mol. The van der Waals surface area contributed by atoms with Crippen molar-refractivity contribution < 1.29 is 14.3 Å². The van der Waals surface area contributed by atoms with Crippen LogP contribution in [0.25, 0.3) is 10.6 Å². The predicted molar refractivity (Wildman–Crippen MR) is 124 cm³/mol. The lowest BCUT2D eigenvalue weighted by Gasteiger charge is -2.13. The number of cyclic esters (lactones) is 1. The van der Waals surface area contributed by atoms with Gasteiger partial charge in [-0.05, 0) is 42.9 Å². The Labute approximate surface area is 193 Å². The van der Waals surface area contributed by atoms with Gasteiger partial charge in [0.25, 0.3) is 5.91 Å². The van der Waals surface area contributed by atoms with Crippen LogP contribution in [0.1, 0.15) is 22.3 Å². The standard InChI is InChI=1S/C21H21ClN4O3S2/c1-2-23-9-14-12-30-20(25-14)13-3-5-15(6-4-13)26-11-16(29-21(26)28)10-24-19(27)17-7-8-18(22)31-17/h3-8,12,16,23H,2,9-11H2,1H3,(H,24,27)/t16-/m0/s1. The molecule has 3 heterocycles. The van der Waals surface area contributed by atoms with E-state index in [0.717, 1.165) is 35.0 Å². The Morgan fingerprint density at radius 3 is 2.81 bits per heavy atom. The summed E-state index contributed by atoms with van der Waals surface area (Å²) in [5, 5.41) is 9.05. The van der Waals surface area contributed by atoms with Crippen molar-refractivity contribution in [1.82, 2.24) is 15.6 Å². The molecule has 0 radical (unpaired) electrons. The van der Waals surface area contributed by atoms with Crippen molar-refractivity contribution in [1.29, 1.82) is 0 Å². The molecule has 0 saturated carbocycles. The molecule has 2 aromatic heterocycles. The van der Waals surface area contributed by atoms with Crippen molar-refractivity contribution in [3.8, 4) is 10.6 Å². The number of amides is 2. The third-order valence-corrected chi connectivity index (χ3v) is 6.87. The van der Waals surface area contributed by atoms with E-state index in [1.54, 1.807) is 28.4 Å². The molecule has 1 atom stereocenters. The molecular weight excluding hydrogens is 456 g/mol. The first kappa shape index (κ1) is 21.8. The van der Waals surface area contributed by atoms with Crippen LogP contribution in [0.15, 0.2) is 41.8 Å². The lowest BCUT2D eigenvalue weighted by molar-refractivity contribution is 0.0920. The summed E-state index contributed by atoms with van der Waals surface area (Å²) in [7, 11) is 0. The summed E-state index contributed by atoms with van der Waals surface area (Å²) in [6.45, 7) is 4.33. The third-order valence-electron chi connectivity index (χ3n) is 4.70. The van der Waals surface area contributed by atoms with Gasteiger partial charge in [0.05, 0.1) is 28.0 Å². The Balaban J connectivity index is 1.34. The molecule has 2 N–H and O–H groups in total. The van der Waals surface area contributed by atoms with E-state index in [-0.39, 0.29) is 12.5 Å². The third kappa shape index (κ3) is 5.24. The average molecular weight is 477 g/mol. The molecule has 162 valence electrons. The molecule has 4 rings (SSSR count). The molecule has 0 spiro atoms. The summed E-state index contributed by atoms with van der Waals surface area (Å²) >= 11 is 8.67. The lowest BCUT2D eigenvalue weighted by atomic mass is 10.2. The van der Waals surface area contributed by atoms with Gasteiger partial charge >= 0.3 is 6.09 Å². The van der Waals surface area contributed by atoms with Gasteiger partial charge in [-0.15, -0.1) is 22.7 Å². The first-order chi connectivity index (χ1) is 15.0. The van der Waals surface area contributed by atoms with Crippen LogP contribution in [0.5, 0.6) is 0 Å². The first-order valence-electron chi connectivity index (χ1n) is 9.80. The maximum Gasteiger partial charge on any atom is 0.414 e. The van der Waals surface area contributed by atoms with Gasteiger partial charge in [-0.2, -0.15) is 0 Å². The van der Waals surface area contributed by atoms with Gasteiger partial charge in [0.15, 0.2) is 0 Å². The van der Waals surface area contributed by atoms with E-state index in [9.17, 15) is 9.59 Å². The highest BCUT2D eigenvalue weighted by molar-refractivity contribution is 7.18. The fourth-order valence-corrected chi connectivity index (χ4v) is 4.91. The molecular formula is C21H21ClN4O3S2. The van der Waals surface area contributed by atoms with Crippen molar-refractivity contribution >= 4 is 52.0 Å². The van der Waals surface area contributed by atoms with Crippen molar-refractivity contribution in [2.75, 3.05) is 24.5 Å². The highest BCUT2D eigenvalue weighted by atomic mass is 35.5. The number of anilines is 1. The predicted octanol–water partition coefficient (Wildman–Crippen LogP) is 4.39. The second kappa shape index (κ2) is 9.78. The number of hydrogen-bond donors (Lipinski definition) is 2. The zero-order chi connectivity index (χ0) is 21.8. The number of ether oxygens (including phenoxy) is 1. The zero-order valence-electron chi connectivity index (χ0n) is 16.8. The molecule has 1 saturated heterocycles. The largest absolute Gasteiger partial charge is 0.442 e. The van der Waals surface area contributed by atoms with E-state index in [0.29, 0.717) is 15.8 Å². The Morgan fingerprint density at radius 2 is 2.10 bits per heavy atom. The Morgan fingerprint density at radius 1 is 1.29 bits per heavy atom. The molecule has 2 amide bonds. The van der Waals surface area contributed by atoms with Gasteiger partial charge in [-0.1, -0.05) is 18.5 Å². The normalized spacial score (nSPS) is 15.9. The van der Waals surface area contributed by atoms with Gasteiger partial charge in [0.2, 0.25) is 0 Å². The number of nitrogens with zero attached hydrogens (tertiary/aromatic N) is 2. The number of carbonyl (C=O) groups excluding carboxylic acids is 2. The van der Waals surface area contributed by atoms with Crippen LogP contribution in [-0.2, 0) is 11.3 Å². The molecule has 0 aliphatic carbocycles. The van der Waals surface area contributed by atoms with E-state index in [1.165, 1.54) is 11.3 Å². The van der Waals surface area contributed by atoms with Gasteiger partial charge in [-0.25, -0.2) is 9.78 Å². The van der Waals surface area contributed by atoms with Crippen molar-refractivity contribution in [3.05, 3.63) is 56.7 Å². The molecule has 1 fully saturated rings. The minimum Gasteiger partial charge on any atom is -0.442 e. The van der Waals surface area contributed by atoms with Crippen molar-refractivity contribution in [2.45, 2.75) is 19.6 Å². The van der Waals surface area contributed by atoms with Crippen LogP contribution < -0.4 is 15.5 Å². The number of rotatable bonds is 8. The van der Waals surface area contributed by atoms with Crippen LogP contribution in [0.3, 0.4) is 0 Å². The number of benzene rings is 1. The number of carbonyl (C=O) groups is 2. The molecule has 7 nitrogen and oxygen atoms in total. The van der Waals surface area contributed by atoms with Crippen LogP contribution >= 0.6 is 34.3 Å². The molecule has 31 heavy (non-hydrogen) atoms. The summed E-state index contributed by atoms with van der Waals surface area (Å²) < 4.78 is 5.96. The fourth-order valence-electron chi connectivity index (χ4n) is 3.13. The average Bonchev–Trinajstić information content (AvgIpc) is 3.51. The SMILES string of the molecule is CCNCc1csc(-c2ccc(N3C[C@H](CNC(=O)c4ccc(Cl)s4)OC3=O)cc2)n1. The quantitative estimate of drug-likeness (QED) is 0.503. The number of halogens is 1. The molecule has 1 aliphatic heterocycles. The molecule has 1 aliphatic rings. The number of thiophene rings is 1. The summed E-state index contributed by atoms with van der Waals surface area (Å²) in [5.41, 5.74) is 2.77. The molecule has 10 heteroatoms. The minimum atomic E-state index is -0.423. The topological polar surface area (TPSA) is 83.6 Å². The highest BCUT2D eigenvalue weighted by Gasteiger charge is 2.32. The smallest absolute Gasteiger partial charge is 0.414 e. The molecule has 0 bridgehead atoms. The number of nitrogens with one attached hydrogen (secondary N) is 2. The fraction of sp³-hybridized carbons (Fsp3) is 0.286. The van der Waals surface area contributed by atoms with E-state index < -0.39 is 12.2 Å². The van der Waals surface area contributed by atoms with E-state index >= 15 is 0 Å². The maximum absolute atomic E-state index is 12.3. The summed E-state index contributed by atoms with van der Waals surface area (Å²) in [6, 6.07) is 11.0. The number of thiazole rings is 1. The number of aromatic nitrogens is 1. The molecule has 1 aromatic carbocycles. The molecule has 3 aromatic rings. The summed E-state index contributed by atoms with van der Waals surface area (Å²) in [5.74, 6) is -0.229. The van der Waals surface area contributed by atoms with E-state index in [4.69, 9.17) is 16.3 Å². The van der Waals surface area contributed by atoms with Crippen LogP contribution in [0, 0.1) is 0 Å².